The molecule has 5 nitrogen and oxygen atoms in total. The second-order valence-electron chi connectivity index (χ2n) is 7.76. The molecule has 1 aromatic rings. The van der Waals surface area contributed by atoms with Gasteiger partial charge in [0, 0.05) is 31.1 Å². The van der Waals surface area contributed by atoms with E-state index in [-0.39, 0.29) is 5.92 Å². The van der Waals surface area contributed by atoms with E-state index in [2.05, 4.69) is 16.7 Å². The molecule has 2 heterocycles. The fourth-order valence-electron chi connectivity index (χ4n) is 4.23. The summed E-state index contributed by atoms with van der Waals surface area (Å²) < 4.78 is 10.8. The standard InChI is InChI=1S/C21H32N2O3/c1-16-5-4-10-23(14-16)21(24)17-8-11-22(12-9-17)15-18-13-19(25-2)6-7-20(18)26-3/h6-7,13,16-17H,4-5,8-12,14-15H2,1-3H3/t16-/m0/s1. The average molecular weight is 360 g/mol. The molecule has 0 aromatic heterocycles. The molecule has 0 radical (unpaired) electrons. The molecule has 2 aliphatic rings. The van der Waals surface area contributed by atoms with Crippen molar-refractivity contribution >= 4 is 5.91 Å². The lowest BCUT2D eigenvalue weighted by Crippen LogP contribution is -2.45. The van der Waals surface area contributed by atoms with Gasteiger partial charge >= 0.3 is 0 Å². The third kappa shape index (κ3) is 4.50. The van der Waals surface area contributed by atoms with Crippen LogP contribution in [-0.4, -0.2) is 56.1 Å². The number of hydrogen-bond donors (Lipinski definition) is 0. The third-order valence-corrected chi connectivity index (χ3v) is 5.79. The van der Waals surface area contributed by atoms with Crippen LogP contribution in [0.3, 0.4) is 0 Å². The lowest BCUT2D eigenvalue weighted by atomic mass is 9.92. The summed E-state index contributed by atoms with van der Waals surface area (Å²) in [6.45, 7) is 6.90. The molecule has 2 fully saturated rings. The minimum absolute atomic E-state index is 0.198. The zero-order valence-corrected chi connectivity index (χ0v) is 16.4. The van der Waals surface area contributed by atoms with E-state index in [0.29, 0.717) is 11.8 Å². The Morgan fingerprint density at radius 1 is 1.12 bits per heavy atom. The fourth-order valence-corrected chi connectivity index (χ4v) is 4.23. The lowest BCUT2D eigenvalue weighted by molar-refractivity contribution is -0.138. The minimum Gasteiger partial charge on any atom is -0.497 e. The van der Waals surface area contributed by atoms with Crippen molar-refractivity contribution in [1.29, 1.82) is 0 Å². The summed E-state index contributed by atoms with van der Waals surface area (Å²) in [5, 5.41) is 0. The predicted molar refractivity (Wildman–Crippen MR) is 103 cm³/mol. The number of amides is 1. The first kappa shape index (κ1) is 19.0. The maximum Gasteiger partial charge on any atom is 0.225 e. The van der Waals surface area contributed by atoms with E-state index in [0.717, 1.165) is 69.0 Å². The molecule has 1 atom stereocenters. The van der Waals surface area contributed by atoms with Gasteiger partial charge in [-0.1, -0.05) is 6.92 Å². The first-order chi connectivity index (χ1) is 12.6. The topological polar surface area (TPSA) is 42.0 Å². The Hall–Kier alpha value is -1.75. The molecular formula is C21H32N2O3. The summed E-state index contributed by atoms with van der Waals surface area (Å²) in [6, 6.07) is 5.93. The molecule has 1 amide bonds. The van der Waals surface area contributed by atoms with Crippen LogP contribution in [0.1, 0.15) is 38.2 Å². The number of likely N-dealkylation sites (tertiary alicyclic amines) is 2. The molecule has 5 heteroatoms. The highest BCUT2D eigenvalue weighted by molar-refractivity contribution is 5.79. The van der Waals surface area contributed by atoms with Crippen LogP contribution in [0, 0.1) is 11.8 Å². The van der Waals surface area contributed by atoms with Crippen molar-refractivity contribution in [3.8, 4) is 11.5 Å². The first-order valence-electron chi connectivity index (χ1n) is 9.82. The van der Waals surface area contributed by atoms with Crippen molar-refractivity contribution in [1.82, 2.24) is 9.80 Å². The van der Waals surface area contributed by atoms with Crippen molar-refractivity contribution in [3.63, 3.8) is 0 Å². The molecule has 2 aliphatic heterocycles. The van der Waals surface area contributed by atoms with Crippen LogP contribution in [-0.2, 0) is 11.3 Å². The molecule has 2 saturated heterocycles. The van der Waals surface area contributed by atoms with Crippen LogP contribution in [0.4, 0.5) is 0 Å². The number of carbonyl (C=O) groups excluding carboxylic acids is 1. The summed E-state index contributed by atoms with van der Waals surface area (Å²) in [5.74, 6) is 2.98. The predicted octanol–water partition coefficient (Wildman–Crippen LogP) is 3.17. The Morgan fingerprint density at radius 2 is 1.88 bits per heavy atom. The van der Waals surface area contributed by atoms with Gasteiger partial charge in [-0.2, -0.15) is 0 Å². The van der Waals surface area contributed by atoms with Crippen LogP contribution in [0.5, 0.6) is 11.5 Å². The molecule has 0 N–H and O–H groups in total. The zero-order chi connectivity index (χ0) is 18.5. The van der Waals surface area contributed by atoms with Crippen molar-refractivity contribution in [2.45, 2.75) is 39.2 Å². The summed E-state index contributed by atoms with van der Waals surface area (Å²) in [7, 11) is 3.39. The monoisotopic (exact) mass is 360 g/mol. The molecule has 1 aromatic carbocycles. The van der Waals surface area contributed by atoms with Gasteiger partial charge in [-0.25, -0.2) is 0 Å². The van der Waals surface area contributed by atoms with E-state index in [4.69, 9.17) is 9.47 Å². The first-order valence-corrected chi connectivity index (χ1v) is 9.82. The smallest absolute Gasteiger partial charge is 0.225 e. The summed E-state index contributed by atoms with van der Waals surface area (Å²) in [6.07, 6.45) is 4.32. The number of hydrogen-bond acceptors (Lipinski definition) is 4. The Bertz CT molecular complexity index is 611. The number of piperidine rings is 2. The normalized spacial score (nSPS) is 22.3. The number of methoxy groups -OCH3 is 2. The SMILES string of the molecule is COc1ccc(OC)c(CN2CCC(C(=O)N3CCC[C@H](C)C3)CC2)c1. The second-order valence-corrected chi connectivity index (χ2v) is 7.76. The van der Waals surface area contributed by atoms with Gasteiger partial charge in [-0.15, -0.1) is 0 Å². The van der Waals surface area contributed by atoms with Gasteiger partial charge in [0.25, 0.3) is 0 Å². The van der Waals surface area contributed by atoms with E-state index < -0.39 is 0 Å². The zero-order valence-electron chi connectivity index (χ0n) is 16.4. The maximum absolute atomic E-state index is 12.8. The van der Waals surface area contributed by atoms with Gasteiger partial charge in [-0.3, -0.25) is 9.69 Å². The third-order valence-electron chi connectivity index (χ3n) is 5.79. The summed E-state index contributed by atoms with van der Waals surface area (Å²) >= 11 is 0. The van der Waals surface area contributed by atoms with Crippen molar-refractivity contribution < 1.29 is 14.3 Å². The molecule has 0 aliphatic carbocycles. The molecule has 26 heavy (non-hydrogen) atoms. The fraction of sp³-hybridized carbons (Fsp3) is 0.667. The number of carbonyl (C=O) groups is 1. The summed E-state index contributed by atoms with van der Waals surface area (Å²) in [4.78, 5) is 17.3. The summed E-state index contributed by atoms with van der Waals surface area (Å²) in [5.41, 5.74) is 1.14. The average Bonchev–Trinajstić information content (AvgIpc) is 2.68. The largest absolute Gasteiger partial charge is 0.497 e. The van der Waals surface area contributed by atoms with Crippen LogP contribution in [0.15, 0.2) is 18.2 Å². The molecular weight excluding hydrogens is 328 g/mol. The van der Waals surface area contributed by atoms with Gasteiger partial charge in [0.15, 0.2) is 0 Å². The molecule has 3 rings (SSSR count). The molecule has 144 valence electrons. The highest BCUT2D eigenvalue weighted by Crippen LogP contribution is 2.28. The quantitative estimate of drug-likeness (QED) is 0.809. The highest BCUT2D eigenvalue weighted by Gasteiger charge is 2.30. The van der Waals surface area contributed by atoms with Crippen LogP contribution in [0.2, 0.25) is 0 Å². The van der Waals surface area contributed by atoms with Crippen molar-refractivity contribution in [2.24, 2.45) is 11.8 Å². The minimum atomic E-state index is 0.198. The number of benzene rings is 1. The number of rotatable bonds is 5. The molecule has 0 spiro atoms. The van der Waals surface area contributed by atoms with E-state index in [1.807, 2.05) is 18.2 Å². The second kappa shape index (κ2) is 8.76. The molecule has 0 unspecified atom stereocenters. The van der Waals surface area contributed by atoms with Crippen LogP contribution >= 0.6 is 0 Å². The Labute approximate surface area is 157 Å². The van der Waals surface area contributed by atoms with Gasteiger partial charge in [0.05, 0.1) is 14.2 Å². The van der Waals surface area contributed by atoms with E-state index in [9.17, 15) is 4.79 Å². The number of nitrogens with zero attached hydrogens (tertiary/aromatic N) is 2. The van der Waals surface area contributed by atoms with Crippen LogP contribution < -0.4 is 9.47 Å². The lowest BCUT2D eigenvalue weighted by Gasteiger charge is -2.37. The Morgan fingerprint density at radius 3 is 2.54 bits per heavy atom. The number of ether oxygens (including phenoxy) is 2. The molecule has 0 saturated carbocycles. The van der Waals surface area contributed by atoms with Gasteiger partial charge < -0.3 is 14.4 Å². The Balaban J connectivity index is 1.55. The van der Waals surface area contributed by atoms with E-state index in [1.54, 1.807) is 14.2 Å². The van der Waals surface area contributed by atoms with Crippen molar-refractivity contribution in [3.05, 3.63) is 23.8 Å². The highest BCUT2D eigenvalue weighted by atomic mass is 16.5. The van der Waals surface area contributed by atoms with E-state index in [1.165, 1.54) is 6.42 Å². The van der Waals surface area contributed by atoms with Crippen LogP contribution in [0.25, 0.3) is 0 Å². The Kier molecular flexibility index (Phi) is 6.41. The van der Waals surface area contributed by atoms with Crippen molar-refractivity contribution in [2.75, 3.05) is 40.4 Å². The van der Waals surface area contributed by atoms with Gasteiger partial charge in [0.2, 0.25) is 5.91 Å². The van der Waals surface area contributed by atoms with Gasteiger partial charge in [0.1, 0.15) is 11.5 Å². The van der Waals surface area contributed by atoms with Gasteiger partial charge in [-0.05, 0) is 62.9 Å². The van der Waals surface area contributed by atoms with E-state index >= 15 is 0 Å². The maximum atomic E-state index is 12.8. The molecule has 0 bridgehead atoms.